The molecule has 0 aliphatic carbocycles. The smallest absolute Gasteiger partial charge is 0.304 e. The minimum absolute atomic E-state index is 0.0858. The van der Waals surface area contributed by atoms with Crippen molar-refractivity contribution in [2.24, 2.45) is 0 Å². The van der Waals surface area contributed by atoms with Gasteiger partial charge in [-0.15, -0.1) is 0 Å². The second-order valence-electron chi connectivity index (χ2n) is 5.24. The van der Waals surface area contributed by atoms with Crippen LogP contribution < -0.4 is 0 Å². The Morgan fingerprint density at radius 1 is 1.00 bits per heavy atom. The van der Waals surface area contributed by atoms with E-state index in [2.05, 4.69) is 21.9 Å². The van der Waals surface area contributed by atoms with Crippen molar-refractivity contribution in [2.45, 2.75) is 19.6 Å². The van der Waals surface area contributed by atoms with E-state index < -0.39 is 5.97 Å². The Morgan fingerprint density at radius 3 is 2.10 bits per heavy atom. The zero-order chi connectivity index (χ0) is 14.4. The molecule has 0 aromatic heterocycles. The maximum absolute atomic E-state index is 10.5. The number of hydrogen-bond donors (Lipinski definition) is 2. The van der Waals surface area contributed by atoms with Crippen molar-refractivity contribution in [1.29, 1.82) is 0 Å². The molecule has 5 heteroatoms. The van der Waals surface area contributed by atoms with Gasteiger partial charge in [0.2, 0.25) is 0 Å². The summed E-state index contributed by atoms with van der Waals surface area (Å²) >= 11 is 0. The first-order valence-corrected chi connectivity index (χ1v) is 7.02. The van der Waals surface area contributed by atoms with Crippen LogP contribution in [0.4, 0.5) is 0 Å². The van der Waals surface area contributed by atoms with Crippen molar-refractivity contribution in [3.05, 3.63) is 35.4 Å². The number of aliphatic hydroxyl groups excluding tert-OH is 1. The molecule has 20 heavy (non-hydrogen) atoms. The lowest BCUT2D eigenvalue weighted by Crippen LogP contribution is -2.46. The lowest BCUT2D eigenvalue weighted by molar-refractivity contribution is -0.137. The van der Waals surface area contributed by atoms with Crippen LogP contribution >= 0.6 is 0 Å². The number of rotatable bonds is 6. The Labute approximate surface area is 119 Å². The lowest BCUT2D eigenvalue weighted by atomic mass is 10.1. The first-order chi connectivity index (χ1) is 9.67. The first kappa shape index (κ1) is 15.0. The number of piperazine rings is 1. The molecule has 1 saturated heterocycles. The Hall–Kier alpha value is -1.43. The van der Waals surface area contributed by atoms with E-state index in [0.717, 1.165) is 38.3 Å². The second-order valence-corrected chi connectivity index (χ2v) is 5.24. The molecule has 0 amide bonds. The second kappa shape index (κ2) is 7.38. The fraction of sp³-hybridized carbons (Fsp3) is 0.533. The molecule has 1 aliphatic heterocycles. The standard InChI is InChI=1S/C15H22N2O3/c18-12-14-3-1-13(2-4-14)11-17-9-7-16(8-10-17)6-5-15(19)20/h1-4,18H,5-12H2,(H,19,20). The molecular weight excluding hydrogens is 256 g/mol. The van der Waals surface area contributed by atoms with Gasteiger partial charge in [-0.25, -0.2) is 0 Å². The van der Waals surface area contributed by atoms with Crippen molar-refractivity contribution in [1.82, 2.24) is 9.80 Å². The van der Waals surface area contributed by atoms with E-state index in [0.29, 0.717) is 6.54 Å². The minimum atomic E-state index is -0.726. The highest BCUT2D eigenvalue weighted by molar-refractivity contribution is 5.66. The highest BCUT2D eigenvalue weighted by atomic mass is 16.4. The third-order valence-corrected chi connectivity index (χ3v) is 3.72. The zero-order valence-corrected chi connectivity index (χ0v) is 11.7. The quantitative estimate of drug-likeness (QED) is 0.805. The van der Waals surface area contributed by atoms with Crippen LogP contribution in [0.2, 0.25) is 0 Å². The van der Waals surface area contributed by atoms with Gasteiger partial charge in [-0.1, -0.05) is 24.3 Å². The van der Waals surface area contributed by atoms with E-state index in [-0.39, 0.29) is 13.0 Å². The van der Waals surface area contributed by atoms with E-state index >= 15 is 0 Å². The summed E-state index contributed by atoms with van der Waals surface area (Å²) in [6.45, 7) is 5.46. The summed E-state index contributed by atoms with van der Waals surface area (Å²) < 4.78 is 0. The molecule has 1 aliphatic rings. The third-order valence-electron chi connectivity index (χ3n) is 3.72. The molecule has 0 atom stereocenters. The Kier molecular flexibility index (Phi) is 5.52. The third kappa shape index (κ3) is 4.59. The molecule has 1 aromatic rings. The van der Waals surface area contributed by atoms with Gasteiger partial charge in [-0.2, -0.15) is 0 Å². The number of benzene rings is 1. The van der Waals surface area contributed by atoms with Gasteiger partial charge in [0, 0.05) is 39.3 Å². The Bertz CT molecular complexity index is 425. The van der Waals surface area contributed by atoms with Gasteiger partial charge >= 0.3 is 5.97 Å². The average Bonchev–Trinajstić information content (AvgIpc) is 2.47. The number of carboxylic acid groups (broad SMARTS) is 1. The SMILES string of the molecule is O=C(O)CCN1CCN(Cc2ccc(CO)cc2)CC1. The summed E-state index contributed by atoms with van der Waals surface area (Å²) in [6, 6.07) is 8.03. The Balaban J connectivity index is 1.74. The van der Waals surface area contributed by atoms with Crippen LogP contribution in [0.1, 0.15) is 17.5 Å². The lowest BCUT2D eigenvalue weighted by Gasteiger charge is -2.34. The van der Waals surface area contributed by atoms with Crippen LogP contribution in [0.15, 0.2) is 24.3 Å². The van der Waals surface area contributed by atoms with Crippen LogP contribution in [0.25, 0.3) is 0 Å². The van der Waals surface area contributed by atoms with Crippen molar-refractivity contribution >= 4 is 5.97 Å². The maximum atomic E-state index is 10.5. The molecular formula is C15H22N2O3. The average molecular weight is 278 g/mol. The fourth-order valence-electron chi connectivity index (χ4n) is 2.43. The van der Waals surface area contributed by atoms with E-state index in [1.165, 1.54) is 5.56 Å². The molecule has 2 N–H and O–H groups in total. The predicted octanol–water partition coefficient (Wildman–Crippen LogP) is 0.771. The molecule has 0 radical (unpaired) electrons. The van der Waals surface area contributed by atoms with Crippen LogP contribution in [-0.2, 0) is 17.9 Å². The zero-order valence-electron chi connectivity index (χ0n) is 11.7. The first-order valence-electron chi connectivity index (χ1n) is 7.02. The van der Waals surface area contributed by atoms with Gasteiger partial charge in [0.1, 0.15) is 0 Å². The molecule has 0 spiro atoms. The molecule has 0 saturated carbocycles. The summed E-state index contributed by atoms with van der Waals surface area (Å²) in [5.74, 6) is -0.726. The van der Waals surface area contributed by atoms with E-state index in [9.17, 15) is 4.79 Å². The molecule has 0 unspecified atom stereocenters. The van der Waals surface area contributed by atoms with Crippen LogP contribution in [-0.4, -0.2) is 58.7 Å². The molecule has 0 bridgehead atoms. The number of carboxylic acids is 1. The molecule has 1 aromatic carbocycles. The van der Waals surface area contributed by atoms with Crippen LogP contribution in [0.3, 0.4) is 0 Å². The van der Waals surface area contributed by atoms with Crippen LogP contribution in [0, 0.1) is 0 Å². The van der Waals surface area contributed by atoms with Crippen molar-refractivity contribution in [2.75, 3.05) is 32.7 Å². The van der Waals surface area contributed by atoms with Crippen molar-refractivity contribution in [3.8, 4) is 0 Å². The molecule has 5 nitrogen and oxygen atoms in total. The summed E-state index contributed by atoms with van der Waals surface area (Å²) in [4.78, 5) is 15.1. The Morgan fingerprint density at radius 2 is 1.55 bits per heavy atom. The van der Waals surface area contributed by atoms with E-state index in [1.807, 2.05) is 12.1 Å². The van der Waals surface area contributed by atoms with Gasteiger partial charge in [0.05, 0.1) is 13.0 Å². The topological polar surface area (TPSA) is 64.0 Å². The van der Waals surface area contributed by atoms with E-state index in [4.69, 9.17) is 10.2 Å². The van der Waals surface area contributed by atoms with Gasteiger partial charge in [-0.05, 0) is 11.1 Å². The fourth-order valence-corrected chi connectivity index (χ4v) is 2.43. The number of carbonyl (C=O) groups is 1. The summed E-state index contributed by atoms with van der Waals surface area (Å²) in [5, 5.41) is 17.7. The normalized spacial score (nSPS) is 17.2. The number of aliphatic carboxylic acids is 1. The van der Waals surface area contributed by atoms with Crippen molar-refractivity contribution < 1.29 is 15.0 Å². The monoisotopic (exact) mass is 278 g/mol. The molecule has 110 valence electrons. The summed E-state index contributed by atoms with van der Waals surface area (Å²) in [7, 11) is 0. The summed E-state index contributed by atoms with van der Waals surface area (Å²) in [5.41, 5.74) is 2.19. The van der Waals surface area contributed by atoms with E-state index in [1.54, 1.807) is 0 Å². The highest BCUT2D eigenvalue weighted by Gasteiger charge is 2.17. The van der Waals surface area contributed by atoms with Gasteiger partial charge < -0.3 is 15.1 Å². The van der Waals surface area contributed by atoms with Crippen molar-refractivity contribution in [3.63, 3.8) is 0 Å². The highest BCUT2D eigenvalue weighted by Crippen LogP contribution is 2.10. The number of nitrogens with zero attached hydrogens (tertiary/aromatic N) is 2. The number of aliphatic hydroxyl groups is 1. The largest absolute Gasteiger partial charge is 0.481 e. The van der Waals surface area contributed by atoms with Gasteiger partial charge in [0.25, 0.3) is 0 Å². The van der Waals surface area contributed by atoms with Gasteiger partial charge in [-0.3, -0.25) is 9.69 Å². The number of hydrogen-bond acceptors (Lipinski definition) is 4. The maximum Gasteiger partial charge on any atom is 0.304 e. The molecule has 1 fully saturated rings. The van der Waals surface area contributed by atoms with Gasteiger partial charge in [0.15, 0.2) is 0 Å². The predicted molar refractivity (Wildman–Crippen MR) is 76.3 cm³/mol. The molecule has 1 heterocycles. The minimum Gasteiger partial charge on any atom is -0.481 e. The summed E-state index contributed by atoms with van der Waals surface area (Å²) in [6.07, 6.45) is 0.225. The van der Waals surface area contributed by atoms with Crippen LogP contribution in [0.5, 0.6) is 0 Å². The molecule has 2 rings (SSSR count).